The van der Waals surface area contributed by atoms with E-state index in [1.165, 1.54) is 4.31 Å². The number of hydrogen-bond donors (Lipinski definition) is 1. The molecule has 0 unspecified atom stereocenters. The van der Waals surface area contributed by atoms with Gasteiger partial charge >= 0.3 is 0 Å². The lowest BCUT2D eigenvalue weighted by Crippen LogP contribution is -2.34. The topological polar surface area (TPSA) is 40.6 Å². The van der Waals surface area contributed by atoms with Crippen molar-refractivity contribution >= 4 is 39.1 Å². The minimum Gasteiger partial charge on any atom is -0.377 e. The van der Waals surface area contributed by atoms with E-state index in [0.717, 1.165) is 11.1 Å². The number of nitrogens with zero attached hydrogens (tertiary/aromatic N) is 2. The molecule has 0 amide bonds. The van der Waals surface area contributed by atoms with Gasteiger partial charge in [-0.05, 0) is 18.6 Å². The summed E-state index contributed by atoms with van der Waals surface area (Å²) in [6.07, 6.45) is 0.181. The number of benzene rings is 2. The number of alkyl halides is 1. The van der Waals surface area contributed by atoms with E-state index in [9.17, 15) is 12.8 Å². The third kappa shape index (κ3) is 3.84. The molecule has 0 aliphatic heterocycles. The van der Waals surface area contributed by atoms with Crippen molar-refractivity contribution in [2.24, 2.45) is 0 Å². The molecule has 0 N–H and O–H groups in total. The fourth-order valence-corrected chi connectivity index (χ4v) is 4.78. The van der Waals surface area contributed by atoms with Gasteiger partial charge in [0.2, 0.25) is 10.0 Å². The molecule has 24 heavy (non-hydrogen) atoms. The smallest absolute Gasteiger partial charge is 0.243 e. The quantitative estimate of drug-likeness (QED) is 0.727. The summed E-state index contributed by atoms with van der Waals surface area (Å²) < 4.78 is 40.0. The van der Waals surface area contributed by atoms with E-state index in [1.807, 2.05) is 43.3 Å². The van der Waals surface area contributed by atoms with Gasteiger partial charge in [0.05, 0.1) is 11.6 Å². The average molecular weight is 370 g/mol. The van der Waals surface area contributed by atoms with Gasteiger partial charge < -0.3 is 4.90 Å². The fourth-order valence-electron chi connectivity index (χ4n) is 2.72. The highest BCUT2D eigenvalue weighted by atomic mass is 32.2. The van der Waals surface area contributed by atoms with Crippen molar-refractivity contribution in [3.63, 3.8) is 0 Å². The maximum Gasteiger partial charge on any atom is 0.243 e. The van der Waals surface area contributed by atoms with E-state index < -0.39 is 16.7 Å². The molecule has 0 aliphatic rings. The van der Waals surface area contributed by atoms with Crippen LogP contribution in [0.15, 0.2) is 41.3 Å². The Morgan fingerprint density at radius 3 is 2.33 bits per heavy atom. The molecule has 0 atom stereocenters. The standard InChI is InChI=1S/C17H23FN2O2S2/c1-19(2)16-8-3-7-15-14(16)6-4-9-17(15)24(21,22)20(12-13-23)11-5-10-18/h3-4,6-9,23H,5,10-13H2,1-2H3/i18-1. The van der Waals surface area contributed by atoms with Gasteiger partial charge in [0.15, 0.2) is 0 Å². The van der Waals surface area contributed by atoms with Crippen LogP contribution in [0.1, 0.15) is 6.42 Å². The van der Waals surface area contributed by atoms with Crippen molar-refractivity contribution < 1.29 is 12.8 Å². The Labute approximate surface area is 148 Å². The Balaban J connectivity index is 2.59. The van der Waals surface area contributed by atoms with E-state index in [2.05, 4.69) is 12.6 Å². The second-order valence-corrected chi connectivity index (χ2v) is 8.05. The summed E-state index contributed by atoms with van der Waals surface area (Å²) in [5, 5.41) is 1.55. The Morgan fingerprint density at radius 1 is 1.04 bits per heavy atom. The van der Waals surface area contributed by atoms with Crippen molar-refractivity contribution in [3.8, 4) is 0 Å². The number of hydrogen-bond acceptors (Lipinski definition) is 4. The molecule has 4 nitrogen and oxygen atoms in total. The molecule has 0 spiro atoms. The highest BCUT2D eigenvalue weighted by Crippen LogP contribution is 2.31. The van der Waals surface area contributed by atoms with Gasteiger partial charge in [-0.25, -0.2) is 8.42 Å². The van der Waals surface area contributed by atoms with Gasteiger partial charge in [-0.3, -0.25) is 4.39 Å². The van der Waals surface area contributed by atoms with Crippen LogP contribution in [-0.2, 0) is 10.0 Å². The summed E-state index contributed by atoms with van der Waals surface area (Å²) in [6.45, 7) is -0.128. The Kier molecular flexibility index (Phi) is 6.48. The molecule has 0 fully saturated rings. The monoisotopic (exact) mass is 369 g/mol. The van der Waals surface area contributed by atoms with Crippen LogP contribution < -0.4 is 4.90 Å². The zero-order valence-corrected chi connectivity index (χ0v) is 15.7. The Morgan fingerprint density at radius 2 is 1.71 bits per heavy atom. The summed E-state index contributed by atoms with van der Waals surface area (Å²) in [5.74, 6) is 0.388. The number of thiol groups is 1. The third-order valence-electron chi connectivity index (χ3n) is 3.85. The number of halogens is 1. The molecule has 0 saturated carbocycles. The van der Waals surface area contributed by atoms with Crippen molar-refractivity contribution in [1.29, 1.82) is 0 Å². The number of fused-ring (bicyclic) bond motifs is 1. The fraction of sp³-hybridized carbons (Fsp3) is 0.412. The summed E-state index contributed by atoms with van der Waals surface area (Å²) in [5.41, 5.74) is 0.953. The second kappa shape index (κ2) is 8.18. The van der Waals surface area contributed by atoms with E-state index in [4.69, 9.17) is 0 Å². The van der Waals surface area contributed by atoms with E-state index >= 15 is 0 Å². The van der Waals surface area contributed by atoms with Gasteiger partial charge in [-0.1, -0.05) is 24.3 Å². The van der Waals surface area contributed by atoms with E-state index in [-0.39, 0.29) is 24.4 Å². The minimum absolute atomic E-state index is 0.156. The molecule has 0 radical (unpaired) electrons. The van der Waals surface area contributed by atoms with Crippen molar-refractivity contribution in [2.75, 3.05) is 44.5 Å². The first-order valence-corrected chi connectivity index (χ1v) is 9.86. The van der Waals surface area contributed by atoms with Gasteiger partial charge in [0, 0.05) is 49.4 Å². The molecule has 0 aliphatic carbocycles. The lowest BCUT2D eigenvalue weighted by Gasteiger charge is -2.23. The average Bonchev–Trinajstić information content (AvgIpc) is 2.57. The summed E-state index contributed by atoms with van der Waals surface area (Å²) >= 11 is 4.14. The first-order chi connectivity index (χ1) is 11.4. The highest BCUT2D eigenvalue weighted by Gasteiger charge is 2.25. The van der Waals surface area contributed by atoms with E-state index in [0.29, 0.717) is 11.1 Å². The van der Waals surface area contributed by atoms with Gasteiger partial charge in [-0.2, -0.15) is 16.9 Å². The number of anilines is 1. The maximum absolute atomic E-state index is 13.1. The summed E-state index contributed by atoms with van der Waals surface area (Å²) in [4.78, 5) is 2.21. The largest absolute Gasteiger partial charge is 0.377 e. The van der Waals surface area contributed by atoms with Crippen molar-refractivity contribution in [1.82, 2.24) is 4.31 Å². The second-order valence-electron chi connectivity index (χ2n) is 5.69. The number of sulfonamides is 1. The molecule has 2 aromatic carbocycles. The van der Waals surface area contributed by atoms with Gasteiger partial charge in [0.1, 0.15) is 0 Å². The van der Waals surface area contributed by atoms with Crippen LogP contribution in [0.2, 0.25) is 0 Å². The molecule has 7 heteroatoms. The van der Waals surface area contributed by atoms with Crippen LogP contribution in [0.4, 0.5) is 10.1 Å². The van der Waals surface area contributed by atoms with Crippen LogP contribution in [0.3, 0.4) is 0 Å². The Hall–Kier alpha value is -1.31. The maximum atomic E-state index is 13.1. The predicted octanol–water partition coefficient (Wildman–Crippen LogP) is 3.19. The molecular formula is C17H23FN2O2S2. The lowest BCUT2D eigenvalue weighted by atomic mass is 10.1. The zero-order valence-electron chi connectivity index (χ0n) is 13.9. The molecule has 132 valence electrons. The first kappa shape index (κ1) is 19.0. The molecular weight excluding hydrogens is 346 g/mol. The normalized spacial score (nSPS) is 12.0. The molecule has 2 aromatic rings. The van der Waals surface area contributed by atoms with Crippen molar-refractivity contribution in [3.05, 3.63) is 36.4 Å². The SMILES string of the molecule is CN(C)c1cccc2c(S(=O)(=O)N(CCS)CCC[18F])cccc12. The van der Waals surface area contributed by atoms with Crippen LogP contribution in [-0.4, -0.2) is 52.3 Å². The van der Waals surface area contributed by atoms with Crippen LogP contribution >= 0.6 is 12.6 Å². The third-order valence-corrected chi connectivity index (χ3v) is 6.01. The van der Waals surface area contributed by atoms with Gasteiger partial charge in [-0.15, -0.1) is 0 Å². The van der Waals surface area contributed by atoms with E-state index in [1.54, 1.807) is 12.1 Å². The zero-order chi connectivity index (χ0) is 17.7. The highest BCUT2D eigenvalue weighted by molar-refractivity contribution is 7.89. The predicted molar refractivity (Wildman–Crippen MR) is 101 cm³/mol. The lowest BCUT2D eigenvalue weighted by molar-refractivity contribution is 0.384. The molecule has 2 rings (SSSR count). The Bertz CT molecular complexity index is 794. The number of rotatable bonds is 8. The molecule has 0 heterocycles. The van der Waals surface area contributed by atoms with Gasteiger partial charge in [0.25, 0.3) is 0 Å². The summed E-state index contributed by atoms with van der Waals surface area (Å²) in [6, 6.07) is 10.9. The molecule has 0 aromatic heterocycles. The molecule has 0 saturated heterocycles. The first-order valence-electron chi connectivity index (χ1n) is 7.79. The van der Waals surface area contributed by atoms with Crippen LogP contribution in [0, 0.1) is 0 Å². The van der Waals surface area contributed by atoms with Crippen molar-refractivity contribution in [2.45, 2.75) is 11.3 Å². The minimum atomic E-state index is -3.71. The molecule has 0 bridgehead atoms. The van der Waals surface area contributed by atoms with Crippen LogP contribution in [0.25, 0.3) is 10.8 Å². The summed E-state index contributed by atoms with van der Waals surface area (Å²) in [7, 11) is 0.137. The van der Waals surface area contributed by atoms with Crippen LogP contribution in [0.5, 0.6) is 0 Å².